The van der Waals surface area contributed by atoms with Crippen LogP contribution >= 0.6 is 0 Å². The van der Waals surface area contributed by atoms with Gasteiger partial charge in [-0.3, -0.25) is 4.79 Å². The fraction of sp³-hybridized carbons (Fsp3) is 0.389. The number of hydrogen-bond acceptors (Lipinski definition) is 2. The van der Waals surface area contributed by atoms with E-state index < -0.39 is 0 Å². The first-order valence-electron chi connectivity index (χ1n) is 7.92. The maximum Gasteiger partial charge on any atom is 0.270 e. The number of halogens is 1. The zero-order valence-corrected chi connectivity index (χ0v) is 13.2. The number of aromatic nitrogens is 1. The van der Waals surface area contributed by atoms with Crippen molar-refractivity contribution in [2.75, 3.05) is 19.7 Å². The Balaban J connectivity index is 1.57. The molecular weight excluding hydrogens is 295 g/mol. The molecule has 23 heavy (non-hydrogen) atoms. The molecular formula is C18H21FN2O2. The summed E-state index contributed by atoms with van der Waals surface area (Å²) < 4.78 is 20.5. The first-order chi connectivity index (χ1) is 11.1. The van der Waals surface area contributed by atoms with Crippen LogP contribution in [-0.4, -0.2) is 35.1 Å². The minimum absolute atomic E-state index is 0.0731. The van der Waals surface area contributed by atoms with Crippen molar-refractivity contribution in [3.8, 4) is 5.75 Å². The average Bonchev–Trinajstić information content (AvgIpc) is 3.00. The molecule has 1 amide bonds. The first-order valence-corrected chi connectivity index (χ1v) is 7.92. The van der Waals surface area contributed by atoms with Gasteiger partial charge in [0.25, 0.3) is 5.91 Å². The Morgan fingerprint density at radius 2 is 2.09 bits per heavy atom. The molecule has 0 aliphatic carbocycles. The maximum atomic E-state index is 12.9. The third-order valence-electron chi connectivity index (χ3n) is 4.27. The van der Waals surface area contributed by atoms with E-state index >= 15 is 0 Å². The highest BCUT2D eigenvalue weighted by atomic mass is 19.1. The molecule has 1 fully saturated rings. The Kier molecular flexibility index (Phi) is 4.65. The fourth-order valence-electron chi connectivity index (χ4n) is 2.98. The van der Waals surface area contributed by atoms with E-state index in [-0.39, 0.29) is 11.7 Å². The lowest BCUT2D eigenvalue weighted by Gasteiger charge is -2.32. The normalized spacial score (nSPS) is 18.0. The zero-order valence-electron chi connectivity index (χ0n) is 13.2. The van der Waals surface area contributed by atoms with Crippen LogP contribution in [0.3, 0.4) is 0 Å². The minimum Gasteiger partial charge on any atom is -0.493 e. The lowest BCUT2D eigenvalue weighted by Crippen LogP contribution is -2.42. The topological polar surface area (TPSA) is 34.5 Å². The molecule has 1 aromatic carbocycles. The lowest BCUT2D eigenvalue weighted by molar-refractivity contribution is 0.0624. The Morgan fingerprint density at radius 3 is 2.78 bits per heavy atom. The number of amides is 1. The molecule has 0 N–H and O–H groups in total. The molecule has 122 valence electrons. The van der Waals surface area contributed by atoms with Gasteiger partial charge in [0.05, 0.1) is 6.61 Å². The number of hydrogen-bond donors (Lipinski definition) is 0. The lowest BCUT2D eigenvalue weighted by atomic mass is 9.98. The predicted molar refractivity (Wildman–Crippen MR) is 85.9 cm³/mol. The Labute approximate surface area is 135 Å². The third-order valence-corrected chi connectivity index (χ3v) is 4.27. The van der Waals surface area contributed by atoms with Crippen LogP contribution in [0.2, 0.25) is 0 Å². The molecule has 0 spiro atoms. The molecule has 2 heterocycles. The molecule has 1 aromatic heterocycles. The van der Waals surface area contributed by atoms with Crippen LogP contribution in [0.5, 0.6) is 5.75 Å². The van der Waals surface area contributed by atoms with E-state index in [1.807, 2.05) is 34.8 Å². The largest absolute Gasteiger partial charge is 0.493 e. The SMILES string of the molecule is Cn1cccc1C(=O)N1CCCC(COc2ccc(F)cc2)C1. The molecule has 5 heteroatoms. The van der Waals surface area contributed by atoms with Gasteiger partial charge in [0.15, 0.2) is 0 Å². The molecule has 0 radical (unpaired) electrons. The molecule has 4 nitrogen and oxygen atoms in total. The second kappa shape index (κ2) is 6.86. The maximum absolute atomic E-state index is 12.9. The molecule has 1 aliphatic rings. The number of likely N-dealkylation sites (tertiary alicyclic amines) is 1. The van der Waals surface area contributed by atoms with Crippen LogP contribution in [0.25, 0.3) is 0 Å². The van der Waals surface area contributed by atoms with E-state index in [4.69, 9.17) is 4.74 Å². The van der Waals surface area contributed by atoms with Crippen molar-refractivity contribution in [3.63, 3.8) is 0 Å². The summed E-state index contributed by atoms with van der Waals surface area (Å²) in [6.07, 6.45) is 3.90. The number of aryl methyl sites for hydroxylation is 1. The molecule has 2 aromatic rings. The quantitative estimate of drug-likeness (QED) is 0.869. The number of ether oxygens (including phenoxy) is 1. The number of carbonyl (C=O) groups excluding carboxylic acids is 1. The summed E-state index contributed by atoms with van der Waals surface area (Å²) in [6, 6.07) is 9.77. The van der Waals surface area contributed by atoms with E-state index in [2.05, 4.69) is 0 Å². The summed E-state index contributed by atoms with van der Waals surface area (Å²) in [6.45, 7) is 2.03. The molecule has 0 saturated carbocycles. The van der Waals surface area contributed by atoms with E-state index in [0.717, 1.165) is 19.4 Å². The molecule has 0 bridgehead atoms. The van der Waals surface area contributed by atoms with Gasteiger partial charge in [0, 0.05) is 32.3 Å². The second-order valence-electron chi connectivity index (χ2n) is 6.03. The highest BCUT2D eigenvalue weighted by molar-refractivity contribution is 5.92. The zero-order chi connectivity index (χ0) is 16.2. The van der Waals surface area contributed by atoms with Crippen LogP contribution in [-0.2, 0) is 7.05 Å². The van der Waals surface area contributed by atoms with Crippen molar-refractivity contribution in [1.82, 2.24) is 9.47 Å². The van der Waals surface area contributed by atoms with Gasteiger partial charge in [-0.15, -0.1) is 0 Å². The Hall–Kier alpha value is -2.30. The summed E-state index contributed by atoms with van der Waals surface area (Å²) in [5, 5.41) is 0. The van der Waals surface area contributed by atoms with E-state index in [0.29, 0.717) is 30.5 Å². The predicted octanol–water partition coefficient (Wildman–Crippen LogP) is 3.10. The number of benzene rings is 1. The monoisotopic (exact) mass is 316 g/mol. The molecule has 1 unspecified atom stereocenters. The summed E-state index contributed by atoms with van der Waals surface area (Å²) in [4.78, 5) is 14.5. The summed E-state index contributed by atoms with van der Waals surface area (Å²) in [7, 11) is 1.88. The van der Waals surface area contributed by atoms with E-state index in [9.17, 15) is 9.18 Å². The molecule has 3 rings (SSSR count). The first kappa shape index (κ1) is 15.6. The fourth-order valence-corrected chi connectivity index (χ4v) is 2.98. The van der Waals surface area contributed by atoms with Crippen LogP contribution in [0, 0.1) is 11.7 Å². The summed E-state index contributed by atoms with van der Waals surface area (Å²) in [5.41, 5.74) is 0.713. The van der Waals surface area contributed by atoms with E-state index in [1.165, 1.54) is 12.1 Å². The summed E-state index contributed by atoms with van der Waals surface area (Å²) in [5.74, 6) is 0.772. The van der Waals surface area contributed by atoms with Gasteiger partial charge in [-0.25, -0.2) is 4.39 Å². The van der Waals surface area contributed by atoms with Crippen LogP contribution in [0.15, 0.2) is 42.6 Å². The van der Waals surface area contributed by atoms with Crippen molar-refractivity contribution in [2.45, 2.75) is 12.8 Å². The smallest absolute Gasteiger partial charge is 0.270 e. The number of piperidine rings is 1. The van der Waals surface area contributed by atoms with Crippen molar-refractivity contribution in [3.05, 3.63) is 54.1 Å². The third kappa shape index (κ3) is 3.73. The standard InChI is InChI=1S/C18H21FN2O2/c1-20-10-3-5-17(20)18(22)21-11-2-4-14(12-21)13-23-16-8-6-15(19)7-9-16/h3,5-10,14H,2,4,11-13H2,1H3. The van der Waals surface area contributed by atoms with Crippen molar-refractivity contribution >= 4 is 5.91 Å². The van der Waals surface area contributed by atoms with Gasteiger partial charge in [-0.05, 0) is 49.2 Å². The van der Waals surface area contributed by atoms with Crippen molar-refractivity contribution in [1.29, 1.82) is 0 Å². The Bertz CT molecular complexity index is 666. The Morgan fingerprint density at radius 1 is 1.30 bits per heavy atom. The number of nitrogens with zero attached hydrogens (tertiary/aromatic N) is 2. The highest BCUT2D eigenvalue weighted by Crippen LogP contribution is 2.20. The number of rotatable bonds is 4. The van der Waals surface area contributed by atoms with Gasteiger partial charge in [0.2, 0.25) is 0 Å². The second-order valence-corrected chi connectivity index (χ2v) is 6.03. The van der Waals surface area contributed by atoms with Gasteiger partial charge in [0.1, 0.15) is 17.3 Å². The molecule has 1 aliphatic heterocycles. The van der Waals surface area contributed by atoms with Gasteiger partial charge < -0.3 is 14.2 Å². The molecule has 1 saturated heterocycles. The van der Waals surface area contributed by atoms with Gasteiger partial charge in [-0.1, -0.05) is 0 Å². The highest BCUT2D eigenvalue weighted by Gasteiger charge is 2.26. The van der Waals surface area contributed by atoms with E-state index in [1.54, 1.807) is 12.1 Å². The summed E-state index contributed by atoms with van der Waals surface area (Å²) >= 11 is 0. The van der Waals surface area contributed by atoms with Crippen LogP contribution in [0.4, 0.5) is 4.39 Å². The minimum atomic E-state index is -0.269. The van der Waals surface area contributed by atoms with Gasteiger partial charge in [-0.2, -0.15) is 0 Å². The number of carbonyl (C=O) groups is 1. The molecule has 1 atom stereocenters. The average molecular weight is 316 g/mol. The van der Waals surface area contributed by atoms with Gasteiger partial charge >= 0.3 is 0 Å². The van der Waals surface area contributed by atoms with Crippen molar-refractivity contribution in [2.24, 2.45) is 13.0 Å². The van der Waals surface area contributed by atoms with Crippen molar-refractivity contribution < 1.29 is 13.9 Å². The van der Waals surface area contributed by atoms with Crippen LogP contribution < -0.4 is 4.74 Å². The van der Waals surface area contributed by atoms with Crippen LogP contribution in [0.1, 0.15) is 23.3 Å².